The van der Waals surface area contributed by atoms with Crippen LogP contribution in [0, 0.1) is 5.92 Å². The van der Waals surface area contributed by atoms with E-state index in [0.29, 0.717) is 18.1 Å². The molecule has 1 unspecified atom stereocenters. The first-order chi connectivity index (χ1) is 6.11. The van der Waals surface area contributed by atoms with E-state index in [-0.39, 0.29) is 0 Å². The average molecular weight is 186 g/mol. The van der Waals surface area contributed by atoms with Crippen LogP contribution in [-0.2, 0) is 4.74 Å². The minimum Gasteiger partial charge on any atom is -0.373 e. The van der Waals surface area contributed by atoms with E-state index >= 15 is 0 Å². The number of morpholine rings is 1. The van der Waals surface area contributed by atoms with Crippen LogP contribution in [0.25, 0.3) is 0 Å². The van der Waals surface area contributed by atoms with Crippen molar-refractivity contribution < 1.29 is 4.74 Å². The third-order valence-corrected chi connectivity index (χ3v) is 2.47. The van der Waals surface area contributed by atoms with Crippen LogP contribution in [0.3, 0.4) is 0 Å². The summed E-state index contributed by atoms with van der Waals surface area (Å²) in [5.74, 6) is 0.595. The predicted molar refractivity (Wildman–Crippen MR) is 54.7 cm³/mol. The molecule has 1 aliphatic rings. The molecule has 0 saturated carbocycles. The third-order valence-electron chi connectivity index (χ3n) is 2.47. The first kappa shape index (κ1) is 11.0. The number of ether oxygens (including phenoxy) is 1. The maximum Gasteiger partial charge on any atom is 0.0678 e. The molecule has 0 aliphatic carbocycles. The largest absolute Gasteiger partial charge is 0.373 e. The van der Waals surface area contributed by atoms with Crippen LogP contribution in [-0.4, -0.2) is 43.3 Å². The Morgan fingerprint density at radius 2 is 1.92 bits per heavy atom. The van der Waals surface area contributed by atoms with Crippen LogP contribution in [0.4, 0.5) is 0 Å². The summed E-state index contributed by atoms with van der Waals surface area (Å²) in [6, 6.07) is 0. The fourth-order valence-electron chi connectivity index (χ4n) is 1.95. The molecule has 1 heterocycles. The molecular formula is C10H22N2O. The van der Waals surface area contributed by atoms with Crippen molar-refractivity contribution in [2.24, 2.45) is 11.7 Å². The molecule has 1 rings (SSSR count). The molecule has 78 valence electrons. The van der Waals surface area contributed by atoms with Gasteiger partial charge in [-0.05, 0) is 26.3 Å². The molecule has 2 N–H and O–H groups in total. The summed E-state index contributed by atoms with van der Waals surface area (Å²) >= 11 is 0. The topological polar surface area (TPSA) is 38.5 Å². The molecule has 0 radical (unpaired) electrons. The monoisotopic (exact) mass is 186 g/mol. The molecule has 3 nitrogen and oxygen atoms in total. The van der Waals surface area contributed by atoms with Crippen molar-refractivity contribution in [1.82, 2.24) is 4.90 Å². The highest BCUT2D eigenvalue weighted by Gasteiger charge is 2.22. The van der Waals surface area contributed by atoms with E-state index in [2.05, 4.69) is 25.7 Å². The molecule has 1 aliphatic heterocycles. The van der Waals surface area contributed by atoms with E-state index in [1.165, 1.54) is 0 Å². The lowest BCUT2D eigenvalue weighted by Gasteiger charge is -2.36. The number of hydrogen-bond acceptors (Lipinski definition) is 3. The summed E-state index contributed by atoms with van der Waals surface area (Å²) in [7, 11) is 0. The fourth-order valence-corrected chi connectivity index (χ4v) is 1.95. The molecule has 13 heavy (non-hydrogen) atoms. The summed E-state index contributed by atoms with van der Waals surface area (Å²) in [6.45, 7) is 10.5. The maximum atomic E-state index is 5.66. The van der Waals surface area contributed by atoms with E-state index in [0.717, 1.165) is 26.2 Å². The summed E-state index contributed by atoms with van der Waals surface area (Å²) in [4.78, 5) is 2.45. The standard InChI is InChI=1S/C10H22N2O/c1-8(4-11)5-12-6-9(2)13-10(3)7-12/h8-10H,4-7,11H2,1-3H3/t8?,9-,10+. The molecular weight excluding hydrogens is 164 g/mol. The van der Waals surface area contributed by atoms with Gasteiger partial charge in [-0.2, -0.15) is 0 Å². The molecule has 3 heteroatoms. The Balaban J connectivity index is 2.32. The Morgan fingerprint density at radius 1 is 1.38 bits per heavy atom. The van der Waals surface area contributed by atoms with E-state index in [1.807, 2.05) is 0 Å². The lowest BCUT2D eigenvalue weighted by atomic mass is 10.1. The molecule has 1 saturated heterocycles. The molecule has 3 atom stereocenters. The van der Waals surface area contributed by atoms with Gasteiger partial charge >= 0.3 is 0 Å². The number of nitrogens with two attached hydrogens (primary N) is 1. The second kappa shape index (κ2) is 4.94. The molecule has 0 amide bonds. The zero-order chi connectivity index (χ0) is 9.84. The SMILES string of the molecule is CC(CN)CN1C[C@@H](C)O[C@@H](C)C1. The highest BCUT2D eigenvalue weighted by atomic mass is 16.5. The van der Waals surface area contributed by atoms with Crippen LogP contribution in [0.2, 0.25) is 0 Å². The first-order valence-corrected chi connectivity index (χ1v) is 5.19. The Labute approximate surface area is 81.2 Å². The van der Waals surface area contributed by atoms with E-state index < -0.39 is 0 Å². The van der Waals surface area contributed by atoms with Gasteiger partial charge in [0.05, 0.1) is 12.2 Å². The van der Waals surface area contributed by atoms with Crippen molar-refractivity contribution in [2.45, 2.75) is 33.0 Å². The number of hydrogen-bond donors (Lipinski definition) is 1. The molecule has 1 fully saturated rings. The fraction of sp³-hybridized carbons (Fsp3) is 1.00. The number of nitrogens with zero attached hydrogens (tertiary/aromatic N) is 1. The van der Waals surface area contributed by atoms with E-state index in [9.17, 15) is 0 Å². The molecule has 0 aromatic carbocycles. The van der Waals surface area contributed by atoms with Crippen molar-refractivity contribution in [3.63, 3.8) is 0 Å². The summed E-state index contributed by atoms with van der Waals surface area (Å²) in [6.07, 6.45) is 0.738. The smallest absolute Gasteiger partial charge is 0.0678 e. The van der Waals surface area contributed by atoms with Gasteiger partial charge in [0.15, 0.2) is 0 Å². The van der Waals surface area contributed by atoms with Crippen molar-refractivity contribution in [3.8, 4) is 0 Å². The minimum absolute atomic E-state index is 0.369. The van der Waals surface area contributed by atoms with Gasteiger partial charge in [-0.25, -0.2) is 0 Å². The number of rotatable bonds is 3. The average Bonchev–Trinajstić information content (AvgIpc) is 2.02. The van der Waals surface area contributed by atoms with Crippen LogP contribution in [0.15, 0.2) is 0 Å². The van der Waals surface area contributed by atoms with Gasteiger partial charge < -0.3 is 10.5 Å². The first-order valence-electron chi connectivity index (χ1n) is 5.19. The summed E-state index contributed by atoms with van der Waals surface area (Å²) < 4.78 is 5.66. The predicted octanol–water partition coefficient (Wildman–Crippen LogP) is 0.690. The second-order valence-electron chi connectivity index (χ2n) is 4.32. The van der Waals surface area contributed by atoms with Gasteiger partial charge in [0.25, 0.3) is 0 Å². The van der Waals surface area contributed by atoms with Crippen molar-refractivity contribution in [2.75, 3.05) is 26.2 Å². The van der Waals surface area contributed by atoms with Crippen LogP contribution < -0.4 is 5.73 Å². The van der Waals surface area contributed by atoms with Gasteiger partial charge in [-0.15, -0.1) is 0 Å². The Morgan fingerprint density at radius 3 is 2.38 bits per heavy atom. The van der Waals surface area contributed by atoms with Gasteiger partial charge in [0, 0.05) is 19.6 Å². The van der Waals surface area contributed by atoms with Crippen molar-refractivity contribution >= 4 is 0 Å². The summed E-state index contributed by atoms with van der Waals surface area (Å²) in [5.41, 5.74) is 5.60. The molecule has 0 aromatic rings. The molecule has 0 aromatic heterocycles. The highest BCUT2D eigenvalue weighted by molar-refractivity contribution is 4.74. The molecule has 0 bridgehead atoms. The van der Waals surface area contributed by atoms with Gasteiger partial charge in [-0.1, -0.05) is 6.92 Å². The van der Waals surface area contributed by atoms with Gasteiger partial charge in [0.1, 0.15) is 0 Å². The lowest BCUT2D eigenvalue weighted by molar-refractivity contribution is -0.0706. The lowest BCUT2D eigenvalue weighted by Crippen LogP contribution is -2.47. The zero-order valence-corrected chi connectivity index (χ0v) is 8.99. The zero-order valence-electron chi connectivity index (χ0n) is 8.99. The minimum atomic E-state index is 0.369. The van der Waals surface area contributed by atoms with E-state index in [1.54, 1.807) is 0 Å². The maximum absolute atomic E-state index is 5.66. The van der Waals surface area contributed by atoms with Crippen molar-refractivity contribution in [1.29, 1.82) is 0 Å². The van der Waals surface area contributed by atoms with Crippen LogP contribution in [0.1, 0.15) is 20.8 Å². The Kier molecular flexibility index (Phi) is 4.16. The Bertz CT molecular complexity index is 142. The van der Waals surface area contributed by atoms with E-state index in [4.69, 9.17) is 10.5 Å². The van der Waals surface area contributed by atoms with Gasteiger partial charge in [0.2, 0.25) is 0 Å². The Hall–Kier alpha value is -0.120. The van der Waals surface area contributed by atoms with Crippen molar-refractivity contribution in [3.05, 3.63) is 0 Å². The van der Waals surface area contributed by atoms with Gasteiger partial charge in [-0.3, -0.25) is 4.90 Å². The third kappa shape index (κ3) is 3.63. The molecule has 0 spiro atoms. The highest BCUT2D eigenvalue weighted by Crippen LogP contribution is 2.11. The second-order valence-corrected chi connectivity index (χ2v) is 4.32. The normalized spacial score (nSPS) is 33.2. The summed E-state index contributed by atoms with van der Waals surface area (Å²) in [5, 5.41) is 0. The van der Waals surface area contributed by atoms with Crippen LogP contribution >= 0.6 is 0 Å². The quantitative estimate of drug-likeness (QED) is 0.705. The van der Waals surface area contributed by atoms with Crippen LogP contribution in [0.5, 0.6) is 0 Å².